The summed E-state index contributed by atoms with van der Waals surface area (Å²) in [5.74, 6) is 7.35. The lowest BCUT2D eigenvalue weighted by molar-refractivity contribution is 0.0812. The molecule has 0 bridgehead atoms. The summed E-state index contributed by atoms with van der Waals surface area (Å²) in [4.78, 5) is 2.19. The lowest BCUT2D eigenvalue weighted by atomic mass is 9.90. The number of rotatable bonds is 4. The van der Waals surface area contributed by atoms with Gasteiger partial charge in [-0.3, -0.25) is 0 Å². The van der Waals surface area contributed by atoms with E-state index in [0.29, 0.717) is 24.8 Å². The first-order chi connectivity index (χ1) is 14.7. The maximum atomic E-state index is 13.5. The number of likely N-dealkylation sites (N-methyl/N-ethyl adjacent to an activating group) is 1. The van der Waals surface area contributed by atoms with Crippen molar-refractivity contribution in [2.75, 3.05) is 33.8 Å². The van der Waals surface area contributed by atoms with Crippen molar-refractivity contribution in [1.82, 2.24) is 9.21 Å². The molecule has 0 aromatic heterocycles. The van der Waals surface area contributed by atoms with Crippen LogP contribution in [0.25, 0.3) is 0 Å². The lowest BCUT2D eigenvalue weighted by Gasteiger charge is -2.37. The smallest absolute Gasteiger partial charge is 0.247 e. The van der Waals surface area contributed by atoms with E-state index in [0.717, 1.165) is 18.4 Å². The van der Waals surface area contributed by atoms with Crippen LogP contribution in [0.1, 0.15) is 51.5 Å². The molecule has 0 amide bonds. The Hall–Kier alpha value is -1.59. The Balaban J connectivity index is 2.01. The van der Waals surface area contributed by atoms with Gasteiger partial charge in [-0.1, -0.05) is 38.0 Å². The van der Waals surface area contributed by atoms with Crippen LogP contribution in [-0.4, -0.2) is 68.7 Å². The zero-order valence-corrected chi connectivity index (χ0v) is 20.0. The van der Waals surface area contributed by atoms with Gasteiger partial charge in [-0.05, 0) is 52.1 Å². The summed E-state index contributed by atoms with van der Waals surface area (Å²) >= 11 is 0. The van der Waals surface area contributed by atoms with Gasteiger partial charge in [0.05, 0.1) is 6.61 Å². The van der Waals surface area contributed by atoms with Crippen molar-refractivity contribution < 1.29 is 18.3 Å². The van der Waals surface area contributed by atoms with E-state index in [4.69, 9.17) is 4.74 Å². The molecule has 172 valence electrons. The zero-order valence-electron chi connectivity index (χ0n) is 19.2. The fraction of sp³-hybridized carbons (Fsp3) is 0.667. The maximum Gasteiger partial charge on any atom is 0.247 e. The predicted octanol–water partition coefficient (Wildman–Crippen LogP) is 2.95. The van der Waals surface area contributed by atoms with Gasteiger partial charge < -0.3 is 14.7 Å². The van der Waals surface area contributed by atoms with Crippen molar-refractivity contribution in [2.45, 2.75) is 63.0 Å². The van der Waals surface area contributed by atoms with Gasteiger partial charge in [0.15, 0.2) is 0 Å². The normalized spacial score (nSPS) is 25.5. The van der Waals surface area contributed by atoms with Crippen molar-refractivity contribution in [1.29, 1.82) is 0 Å². The molecule has 6 nitrogen and oxygen atoms in total. The molecular weight excluding hydrogens is 412 g/mol. The first kappa shape index (κ1) is 24.1. The van der Waals surface area contributed by atoms with Crippen LogP contribution in [0.2, 0.25) is 0 Å². The van der Waals surface area contributed by atoms with Crippen LogP contribution in [0.5, 0.6) is 5.75 Å². The summed E-state index contributed by atoms with van der Waals surface area (Å²) in [7, 11) is 0.153. The zero-order chi connectivity index (χ0) is 22.6. The van der Waals surface area contributed by atoms with Crippen LogP contribution < -0.4 is 4.74 Å². The number of nitrogens with zero attached hydrogens (tertiary/aromatic N) is 2. The lowest BCUT2D eigenvalue weighted by Crippen LogP contribution is -2.49. The fourth-order valence-electron chi connectivity index (χ4n) is 4.31. The highest BCUT2D eigenvalue weighted by Gasteiger charge is 2.37. The number of sulfonamides is 1. The Kier molecular flexibility index (Phi) is 8.03. The van der Waals surface area contributed by atoms with Gasteiger partial charge in [0.25, 0.3) is 0 Å². The van der Waals surface area contributed by atoms with Crippen LogP contribution in [0, 0.1) is 23.7 Å². The predicted molar refractivity (Wildman–Crippen MR) is 122 cm³/mol. The van der Waals surface area contributed by atoms with Crippen LogP contribution in [0.4, 0.5) is 0 Å². The summed E-state index contributed by atoms with van der Waals surface area (Å²) in [5, 5.41) is 9.70. The quantitative estimate of drug-likeness (QED) is 0.717. The van der Waals surface area contributed by atoms with E-state index < -0.39 is 16.1 Å². The minimum Gasteiger partial charge on any atom is -0.487 e. The van der Waals surface area contributed by atoms with Gasteiger partial charge in [-0.2, -0.15) is 4.31 Å². The molecule has 2 aliphatic rings. The van der Waals surface area contributed by atoms with Gasteiger partial charge in [0.1, 0.15) is 16.7 Å². The molecule has 7 heteroatoms. The van der Waals surface area contributed by atoms with Crippen molar-refractivity contribution in [3.8, 4) is 17.6 Å². The highest BCUT2D eigenvalue weighted by atomic mass is 32.2. The van der Waals surface area contributed by atoms with E-state index in [-0.39, 0.29) is 23.5 Å². The van der Waals surface area contributed by atoms with Gasteiger partial charge in [-0.25, -0.2) is 8.42 Å². The first-order valence-corrected chi connectivity index (χ1v) is 12.8. The number of benzene rings is 1. The van der Waals surface area contributed by atoms with E-state index in [1.807, 2.05) is 25.9 Å². The Labute approximate surface area is 187 Å². The number of aliphatic hydroxyl groups excluding tert-OH is 1. The molecule has 0 radical (unpaired) electrons. The molecule has 3 atom stereocenters. The van der Waals surface area contributed by atoms with Gasteiger partial charge >= 0.3 is 0 Å². The monoisotopic (exact) mass is 448 g/mol. The van der Waals surface area contributed by atoms with Gasteiger partial charge in [0.2, 0.25) is 10.0 Å². The Morgan fingerprint density at radius 1 is 1.26 bits per heavy atom. The van der Waals surface area contributed by atoms with E-state index in [1.165, 1.54) is 23.6 Å². The Morgan fingerprint density at radius 3 is 2.61 bits per heavy atom. The van der Waals surface area contributed by atoms with Crippen molar-refractivity contribution in [3.05, 3.63) is 23.8 Å². The minimum atomic E-state index is -3.80. The molecule has 1 aromatic carbocycles. The number of hydrogen-bond donors (Lipinski definition) is 1. The fourth-order valence-corrected chi connectivity index (χ4v) is 6.14. The van der Waals surface area contributed by atoms with E-state index in [2.05, 4.69) is 11.8 Å². The second kappa shape index (κ2) is 10.4. The van der Waals surface area contributed by atoms with E-state index >= 15 is 0 Å². The average Bonchev–Trinajstić information content (AvgIpc) is 2.74. The minimum absolute atomic E-state index is 0.0451. The number of aliphatic hydroxyl groups is 1. The summed E-state index contributed by atoms with van der Waals surface area (Å²) in [6.07, 6.45) is 5.84. The first-order valence-electron chi connectivity index (χ1n) is 11.3. The molecule has 31 heavy (non-hydrogen) atoms. The highest BCUT2D eigenvalue weighted by Crippen LogP contribution is 2.34. The molecule has 1 fully saturated rings. The van der Waals surface area contributed by atoms with Crippen LogP contribution >= 0.6 is 0 Å². The van der Waals surface area contributed by atoms with Gasteiger partial charge in [-0.15, -0.1) is 0 Å². The van der Waals surface area contributed by atoms with E-state index in [9.17, 15) is 13.5 Å². The Morgan fingerprint density at radius 2 is 1.97 bits per heavy atom. The third kappa shape index (κ3) is 5.81. The van der Waals surface area contributed by atoms with Crippen LogP contribution in [0.15, 0.2) is 23.1 Å². The number of ether oxygens (including phenoxy) is 1. The molecule has 1 aromatic rings. The van der Waals surface area contributed by atoms with Crippen molar-refractivity contribution in [2.24, 2.45) is 11.8 Å². The number of hydrogen-bond acceptors (Lipinski definition) is 5. The molecule has 1 aliphatic heterocycles. The SMILES string of the molecule is C[C@H]1CN([C@@H](C)CO)S(=O)(=O)c2ccc(C#CC3CCCCC3)cc2O[C@H]1CN(C)C. The molecule has 0 spiro atoms. The summed E-state index contributed by atoms with van der Waals surface area (Å²) in [5.41, 5.74) is 0.776. The topological polar surface area (TPSA) is 70.1 Å². The van der Waals surface area contributed by atoms with Crippen molar-refractivity contribution >= 4 is 10.0 Å². The summed E-state index contributed by atoms with van der Waals surface area (Å²) < 4.78 is 34.6. The molecular formula is C24H36N2O4S. The standard InChI is InChI=1S/C24H36N2O4S/c1-18-15-26(19(2)17-27)31(28,29)24-13-12-21(11-10-20-8-6-5-7-9-20)14-22(24)30-23(18)16-25(3)4/h12-14,18-20,23,27H,5-9,15-17H2,1-4H3/t18-,19-,23-/m0/s1. The average molecular weight is 449 g/mol. The molecule has 1 heterocycles. The van der Waals surface area contributed by atoms with Crippen LogP contribution in [-0.2, 0) is 10.0 Å². The van der Waals surface area contributed by atoms with Crippen molar-refractivity contribution in [3.63, 3.8) is 0 Å². The second-order valence-electron chi connectivity index (χ2n) is 9.27. The maximum absolute atomic E-state index is 13.5. The molecule has 1 saturated carbocycles. The molecule has 1 N–H and O–H groups in total. The second-order valence-corrected chi connectivity index (χ2v) is 11.1. The molecule has 0 unspecified atom stereocenters. The Bertz CT molecular complexity index is 913. The van der Waals surface area contributed by atoms with Crippen LogP contribution in [0.3, 0.4) is 0 Å². The third-order valence-corrected chi connectivity index (χ3v) is 8.26. The summed E-state index contributed by atoms with van der Waals surface area (Å²) in [6, 6.07) is 4.63. The third-order valence-electron chi connectivity index (χ3n) is 6.24. The molecule has 1 aliphatic carbocycles. The highest BCUT2D eigenvalue weighted by molar-refractivity contribution is 7.89. The van der Waals surface area contributed by atoms with E-state index in [1.54, 1.807) is 25.1 Å². The molecule has 0 saturated heterocycles. The number of fused-ring (bicyclic) bond motifs is 1. The summed E-state index contributed by atoms with van der Waals surface area (Å²) in [6.45, 7) is 4.46. The van der Waals surface area contributed by atoms with Gasteiger partial charge in [0, 0.05) is 36.5 Å². The molecule has 3 rings (SSSR count). The largest absolute Gasteiger partial charge is 0.487 e.